The molecule has 138 valence electrons. The molecule has 1 aliphatic rings. The number of anilines is 3. The number of aryl methyl sites for hydroxylation is 1. The van der Waals surface area contributed by atoms with Crippen LogP contribution in [0.15, 0.2) is 48.5 Å². The number of halogens is 1. The number of nitrogens with zero attached hydrogens (tertiary/aromatic N) is 2. The summed E-state index contributed by atoms with van der Waals surface area (Å²) in [6.07, 6.45) is 2.28. The average molecular weight is 364 g/mol. The molecule has 27 heavy (non-hydrogen) atoms. The molecule has 5 nitrogen and oxygen atoms in total. The highest BCUT2D eigenvalue weighted by molar-refractivity contribution is 6.01. The van der Waals surface area contributed by atoms with E-state index in [-0.39, 0.29) is 0 Å². The van der Waals surface area contributed by atoms with Crippen LogP contribution < -0.4 is 15.5 Å². The summed E-state index contributed by atoms with van der Waals surface area (Å²) < 4.78 is 14.6. The Morgan fingerprint density at radius 1 is 1.00 bits per heavy atom. The largest absolute Gasteiger partial charge is 0.357 e. The number of rotatable bonds is 3. The molecule has 4 rings (SSSR count). The Morgan fingerprint density at radius 3 is 2.44 bits per heavy atom. The highest BCUT2D eigenvalue weighted by Gasteiger charge is 2.15. The molecule has 1 fully saturated rings. The fourth-order valence-corrected chi connectivity index (χ4v) is 3.31. The van der Waals surface area contributed by atoms with Crippen molar-refractivity contribution in [2.75, 3.05) is 28.6 Å². The van der Waals surface area contributed by atoms with Crippen molar-refractivity contribution in [1.82, 2.24) is 4.98 Å². The van der Waals surface area contributed by atoms with Crippen molar-refractivity contribution in [1.29, 1.82) is 0 Å². The molecular weight excluding hydrogens is 343 g/mol. The van der Waals surface area contributed by atoms with Crippen molar-refractivity contribution >= 4 is 34.1 Å². The van der Waals surface area contributed by atoms with Gasteiger partial charge in [-0.2, -0.15) is 0 Å². The zero-order valence-electron chi connectivity index (χ0n) is 15.1. The Bertz CT molecular complexity index is 981. The van der Waals surface area contributed by atoms with Crippen LogP contribution in [0.2, 0.25) is 0 Å². The number of hydrogen-bond acceptors (Lipinski definition) is 3. The smallest absolute Gasteiger partial charge is 0.323 e. The molecule has 0 radical (unpaired) electrons. The maximum atomic E-state index is 14.6. The molecule has 1 aliphatic heterocycles. The second kappa shape index (κ2) is 7.23. The van der Waals surface area contributed by atoms with Crippen LogP contribution in [0, 0.1) is 12.7 Å². The van der Waals surface area contributed by atoms with Crippen LogP contribution in [0.4, 0.5) is 26.4 Å². The van der Waals surface area contributed by atoms with Gasteiger partial charge in [0.2, 0.25) is 0 Å². The topological polar surface area (TPSA) is 57.3 Å². The first-order valence-electron chi connectivity index (χ1n) is 9.08. The van der Waals surface area contributed by atoms with Crippen LogP contribution in [-0.2, 0) is 0 Å². The summed E-state index contributed by atoms with van der Waals surface area (Å²) in [7, 11) is 0. The van der Waals surface area contributed by atoms with E-state index in [4.69, 9.17) is 0 Å². The van der Waals surface area contributed by atoms with Gasteiger partial charge in [0.1, 0.15) is 11.3 Å². The lowest BCUT2D eigenvalue weighted by molar-refractivity contribution is 0.262. The fraction of sp³-hybridized carbons (Fsp3) is 0.238. The van der Waals surface area contributed by atoms with Crippen LogP contribution in [0.3, 0.4) is 0 Å². The van der Waals surface area contributed by atoms with Crippen molar-refractivity contribution in [3.8, 4) is 0 Å². The van der Waals surface area contributed by atoms with Gasteiger partial charge >= 0.3 is 6.03 Å². The number of nitrogens with one attached hydrogen (secondary N) is 2. The predicted molar refractivity (Wildman–Crippen MR) is 107 cm³/mol. The van der Waals surface area contributed by atoms with Crippen molar-refractivity contribution < 1.29 is 9.18 Å². The second-order valence-corrected chi connectivity index (χ2v) is 6.84. The third kappa shape index (κ3) is 3.84. The summed E-state index contributed by atoms with van der Waals surface area (Å²) in [5.74, 6) is 0.357. The number of fused-ring (bicyclic) bond motifs is 1. The van der Waals surface area contributed by atoms with Crippen LogP contribution >= 0.6 is 0 Å². The minimum absolute atomic E-state index is 0.323. The van der Waals surface area contributed by atoms with Gasteiger partial charge in [-0.1, -0.05) is 17.7 Å². The van der Waals surface area contributed by atoms with Gasteiger partial charge < -0.3 is 15.5 Å². The van der Waals surface area contributed by atoms with Gasteiger partial charge in [-0.3, -0.25) is 0 Å². The van der Waals surface area contributed by atoms with Crippen molar-refractivity contribution in [2.45, 2.75) is 19.8 Å². The van der Waals surface area contributed by atoms with Crippen LogP contribution in [-0.4, -0.2) is 24.1 Å². The number of pyridine rings is 1. The number of carbonyl (C=O) groups excluding carboxylic acids is 1. The minimum atomic E-state index is -0.445. The predicted octanol–water partition coefficient (Wildman–Crippen LogP) is 4.93. The molecule has 6 heteroatoms. The van der Waals surface area contributed by atoms with Crippen LogP contribution in [0.25, 0.3) is 10.9 Å². The molecule has 0 aliphatic carbocycles. The van der Waals surface area contributed by atoms with Gasteiger partial charge in [-0.25, -0.2) is 14.2 Å². The summed E-state index contributed by atoms with van der Waals surface area (Å²) in [6, 6.07) is 13.8. The standard InChI is InChI=1S/C21H21FN4O/c1-14-4-7-16(8-5-14)23-21(27)24-17-12-15-6-9-19(26-10-2-3-11-26)25-20(15)18(22)13-17/h4-9,12-13H,2-3,10-11H2,1H3,(H2,23,24,27). The van der Waals surface area contributed by atoms with Gasteiger partial charge in [0, 0.05) is 29.9 Å². The maximum absolute atomic E-state index is 14.6. The Morgan fingerprint density at radius 2 is 1.70 bits per heavy atom. The lowest BCUT2D eigenvalue weighted by Gasteiger charge is -2.17. The molecule has 2 heterocycles. The molecule has 1 saturated heterocycles. The molecule has 2 aromatic carbocycles. The van der Waals surface area contributed by atoms with E-state index in [1.807, 2.05) is 43.3 Å². The molecular formula is C21H21FN4O. The van der Waals surface area contributed by atoms with Gasteiger partial charge in [0.25, 0.3) is 0 Å². The van der Waals surface area contributed by atoms with E-state index in [0.717, 1.165) is 37.3 Å². The Balaban J connectivity index is 1.52. The molecule has 2 amide bonds. The number of hydrogen-bond donors (Lipinski definition) is 2. The van der Waals surface area contributed by atoms with E-state index >= 15 is 0 Å². The Hall–Kier alpha value is -3.15. The van der Waals surface area contributed by atoms with E-state index < -0.39 is 11.8 Å². The molecule has 3 aromatic rings. The van der Waals surface area contributed by atoms with Gasteiger partial charge in [-0.05, 0) is 56.2 Å². The number of aromatic nitrogens is 1. The highest BCUT2D eigenvalue weighted by atomic mass is 19.1. The zero-order valence-corrected chi connectivity index (χ0v) is 15.1. The van der Waals surface area contributed by atoms with Gasteiger partial charge in [0.05, 0.1) is 0 Å². The summed E-state index contributed by atoms with van der Waals surface area (Å²) in [6.45, 7) is 3.89. The normalized spacial score (nSPS) is 13.8. The maximum Gasteiger partial charge on any atom is 0.323 e. The third-order valence-electron chi connectivity index (χ3n) is 4.73. The number of carbonyl (C=O) groups is 1. The van der Waals surface area contributed by atoms with E-state index in [9.17, 15) is 9.18 Å². The van der Waals surface area contributed by atoms with Crippen LogP contribution in [0.5, 0.6) is 0 Å². The molecule has 0 bridgehead atoms. The SMILES string of the molecule is Cc1ccc(NC(=O)Nc2cc(F)c3nc(N4CCCC4)ccc3c2)cc1. The van der Waals surface area contributed by atoms with Gasteiger partial charge in [-0.15, -0.1) is 0 Å². The number of benzene rings is 2. The minimum Gasteiger partial charge on any atom is -0.357 e. The van der Waals surface area contributed by atoms with E-state index in [1.54, 1.807) is 6.07 Å². The summed E-state index contributed by atoms with van der Waals surface area (Å²) in [4.78, 5) is 18.8. The fourth-order valence-electron chi connectivity index (χ4n) is 3.31. The summed E-state index contributed by atoms with van der Waals surface area (Å²) >= 11 is 0. The monoisotopic (exact) mass is 364 g/mol. The lowest BCUT2D eigenvalue weighted by atomic mass is 10.2. The lowest BCUT2D eigenvalue weighted by Crippen LogP contribution is -2.20. The summed E-state index contributed by atoms with van der Waals surface area (Å²) in [5.41, 5.74) is 2.50. The quantitative estimate of drug-likeness (QED) is 0.693. The first-order chi connectivity index (χ1) is 13.1. The number of amides is 2. The van der Waals surface area contributed by atoms with Crippen molar-refractivity contribution in [3.63, 3.8) is 0 Å². The third-order valence-corrected chi connectivity index (χ3v) is 4.73. The van der Waals surface area contributed by atoms with E-state index in [0.29, 0.717) is 22.3 Å². The molecule has 2 N–H and O–H groups in total. The highest BCUT2D eigenvalue weighted by Crippen LogP contribution is 2.26. The zero-order chi connectivity index (χ0) is 18.8. The van der Waals surface area contributed by atoms with E-state index in [2.05, 4.69) is 20.5 Å². The van der Waals surface area contributed by atoms with Gasteiger partial charge in [0.15, 0.2) is 5.82 Å². The second-order valence-electron chi connectivity index (χ2n) is 6.84. The molecule has 0 unspecified atom stereocenters. The van der Waals surface area contributed by atoms with Crippen molar-refractivity contribution in [2.24, 2.45) is 0 Å². The molecule has 0 saturated carbocycles. The average Bonchev–Trinajstić information content (AvgIpc) is 3.18. The van der Waals surface area contributed by atoms with Crippen molar-refractivity contribution in [3.05, 3.63) is 59.9 Å². The molecule has 0 spiro atoms. The Kier molecular flexibility index (Phi) is 4.62. The first kappa shape index (κ1) is 17.3. The molecule has 1 aromatic heterocycles. The van der Waals surface area contributed by atoms with E-state index in [1.165, 1.54) is 6.07 Å². The number of urea groups is 1. The molecule has 0 atom stereocenters. The van der Waals surface area contributed by atoms with Crippen LogP contribution in [0.1, 0.15) is 18.4 Å². The summed E-state index contributed by atoms with van der Waals surface area (Å²) in [5, 5.41) is 6.07. The first-order valence-corrected chi connectivity index (χ1v) is 9.08. The Labute approximate surface area is 157 Å².